The summed E-state index contributed by atoms with van der Waals surface area (Å²) < 4.78 is 19.1. The molecule has 1 aromatic rings. The smallest absolute Gasteiger partial charge is 0.326 e. The van der Waals surface area contributed by atoms with E-state index in [2.05, 4.69) is 5.32 Å². The van der Waals surface area contributed by atoms with E-state index >= 15 is 0 Å². The second kappa shape index (κ2) is 5.66. The molecule has 0 aromatic heterocycles. The molecular weight excluding hydrogens is 315 g/mol. The summed E-state index contributed by atoms with van der Waals surface area (Å²) in [5.41, 5.74) is -1.12. The third-order valence-electron chi connectivity index (χ3n) is 5.04. The maximum absolute atomic E-state index is 14.3. The highest BCUT2D eigenvalue weighted by atomic mass is 19.1. The van der Waals surface area contributed by atoms with Crippen molar-refractivity contribution in [3.63, 3.8) is 0 Å². The third kappa shape index (κ3) is 2.07. The Morgan fingerprint density at radius 3 is 2.58 bits per heavy atom. The van der Waals surface area contributed by atoms with E-state index in [9.17, 15) is 18.8 Å². The van der Waals surface area contributed by atoms with Crippen LogP contribution >= 0.6 is 0 Å². The van der Waals surface area contributed by atoms with Gasteiger partial charge < -0.3 is 4.74 Å². The van der Waals surface area contributed by atoms with Gasteiger partial charge in [0.05, 0.1) is 18.9 Å². The molecule has 7 heteroatoms. The number of benzene rings is 1. The molecule has 1 N–H and O–H groups in total. The quantitative estimate of drug-likeness (QED) is 0.660. The van der Waals surface area contributed by atoms with Crippen molar-refractivity contribution >= 4 is 17.8 Å². The molecule has 4 atom stereocenters. The molecule has 0 aliphatic carbocycles. The summed E-state index contributed by atoms with van der Waals surface area (Å²) in [4.78, 5) is 38.9. The number of hydrogen-bond acceptors (Lipinski definition) is 5. The second-order valence-electron chi connectivity index (χ2n) is 6.26. The van der Waals surface area contributed by atoms with Crippen LogP contribution in [0.25, 0.3) is 0 Å². The van der Waals surface area contributed by atoms with E-state index < -0.39 is 41.1 Å². The number of methoxy groups -OCH3 is 1. The molecule has 3 rings (SSSR count). The molecule has 2 amide bonds. The Labute approximate surface area is 139 Å². The first-order valence-electron chi connectivity index (χ1n) is 7.82. The summed E-state index contributed by atoms with van der Waals surface area (Å²) in [5.74, 6) is -3.69. The maximum atomic E-state index is 14.3. The van der Waals surface area contributed by atoms with Crippen LogP contribution in [0.5, 0.6) is 0 Å². The fourth-order valence-corrected chi connectivity index (χ4v) is 3.90. The number of nitrogens with zero attached hydrogens (tertiary/aromatic N) is 1. The average Bonchev–Trinajstić information content (AvgIpc) is 3.02. The highest BCUT2D eigenvalue weighted by Gasteiger charge is 2.66. The molecule has 24 heavy (non-hydrogen) atoms. The number of ether oxygens (including phenoxy) is 1. The van der Waals surface area contributed by atoms with Crippen LogP contribution in [0, 0.1) is 17.7 Å². The molecule has 2 aliphatic heterocycles. The minimum atomic E-state index is -1.39. The number of amides is 2. The molecular formula is C17H19FN2O4. The molecule has 2 fully saturated rings. The first-order chi connectivity index (χ1) is 11.4. The lowest BCUT2D eigenvalue weighted by molar-refractivity contribution is -0.153. The molecule has 0 spiro atoms. The summed E-state index contributed by atoms with van der Waals surface area (Å²) in [7, 11) is 1.22. The number of hydrogen-bond donors (Lipinski definition) is 1. The number of likely N-dealkylation sites (tertiary alicyclic amines) is 1. The number of carbonyl (C=O) groups is 3. The van der Waals surface area contributed by atoms with E-state index in [1.807, 2.05) is 0 Å². The Bertz CT molecular complexity index is 722. The summed E-state index contributed by atoms with van der Waals surface area (Å²) >= 11 is 0. The van der Waals surface area contributed by atoms with Crippen LogP contribution in [-0.4, -0.2) is 41.9 Å². The fourth-order valence-electron chi connectivity index (χ4n) is 3.90. The Balaban J connectivity index is 2.13. The van der Waals surface area contributed by atoms with Crippen LogP contribution in [0.2, 0.25) is 0 Å². The van der Waals surface area contributed by atoms with Crippen molar-refractivity contribution in [2.24, 2.45) is 11.8 Å². The molecule has 2 aliphatic rings. The molecule has 0 radical (unpaired) electrons. The zero-order valence-corrected chi connectivity index (χ0v) is 13.7. The van der Waals surface area contributed by atoms with Crippen LogP contribution < -0.4 is 5.32 Å². The van der Waals surface area contributed by atoms with Crippen molar-refractivity contribution in [1.29, 1.82) is 0 Å². The molecule has 6 nitrogen and oxygen atoms in total. The van der Waals surface area contributed by atoms with Crippen molar-refractivity contribution in [3.05, 3.63) is 35.6 Å². The van der Waals surface area contributed by atoms with E-state index in [-0.39, 0.29) is 18.0 Å². The van der Waals surface area contributed by atoms with E-state index in [1.165, 1.54) is 20.1 Å². The number of halogens is 1. The monoisotopic (exact) mass is 334 g/mol. The molecule has 2 saturated heterocycles. The number of nitrogens with one attached hydrogen (secondary N) is 1. The molecule has 0 saturated carbocycles. The van der Waals surface area contributed by atoms with Crippen molar-refractivity contribution in [2.75, 3.05) is 13.7 Å². The van der Waals surface area contributed by atoms with E-state index in [0.29, 0.717) is 0 Å². The van der Waals surface area contributed by atoms with Crippen LogP contribution in [-0.2, 0) is 19.1 Å². The lowest BCUT2D eigenvalue weighted by atomic mass is 9.80. The number of rotatable bonds is 3. The topological polar surface area (TPSA) is 75.7 Å². The Morgan fingerprint density at radius 2 is 2.00 bits per heavy atom. The molecule has 1 aromatic carbocycles. The van der Waals surface area contributed by atoms with Gasteiger partial charge in [0.15, 0.2) is 0 Å². The number of fused-ring (bicyclic) bond motifs is 1. The van der Waals surface area contributed by atoms with E-state index in [0.717, 1.165) is 4.90 Å². The van der Waals surface area contributed by atoms with Crippen LogP contribution in [0.1, 0.15) is 25.5 Å². The van der Waals surface area contributed by atoms with E-state index in [4.69, 9.17) is 4.74 Å². The Morgan fingerprint density at radius 1 is 1.33 bits per heavy atom. The van der Waals surface area contributed by atoms with Gasteiger partial charge in [0, 0.05) is 18.2 Å². The van der Waals surface area contributed by atoms with E-state index in [1.54, 1.807) is 25.1 Å². The van der Waals surface area contributed by atoms with Gasteiger partial charge in [-0.3, -0.25) is 24.6 Å². The van der Waals surface area contributed by atoms with Gasteiger partial charge in [0.1, 0.15) is 11.4 Å². The molecule has 0 bridgehead atoms. The van der Waals surface area contributed by atoms with Crippen molar-refractivity contribution in [2.45, 2.75) is 25.4 Å². The standard InChI is InChI=1S/C17H19FN2O4/c1-4-20-14(21)11-12(15(20)22)17(2,16(23)24-3)19-13(11)9-7-5-6-8-10(9)18/h5-8,11-13,19H,4H2,1-3H3/t11-,12+,13-,17-/m0/s1. The first kappa shape index (κ1) is 16.6. The summed E-state index contributed by atoms with van der Waals surface area (Å²) in [6, 6.07) is 5.28. The minimum Gasteiger partial charge on any atom is -0.468 e. The zero-order chi connectivity index (χ0) is 17.6. The lowest BCUT2D eigenvalue weighted by Gasteiger charge is -2.28. The van der Waals surface area contributed by atoms with Crippen molar-refractivity contribution in [3.8, 4) is 0 Å². The summed E-state index contributed by atoms with van der Waals surface area (Å²) in [6.45, 7) is 3.44. The van der Waals surface area contributed by atoms with Gasteiger partial charge in [-0.15, -0.1) is 0 Å². The normalized spacial score (nSPS) is 32.2. The predicted molar refractivity (Wildman–Crippen MR) is 82.1 cm³/mol. The second-order valence-corrected chi connectivity index (χ2v) is 6.26. The Hall–Kier alpha value is -2.28. The third-order valence-corrected chi connectivity index (χ3v) is 5.04. The minimum absolute atomic E-state index is 0.214. The first-order valence-corrected chi connectivity index (χ1v) is 7.82. The van der Waals surface area contributed by atoms with Gasteiger partial charge in [0.25, 0.3) is 0 Å². The predicted octanol–water partition coefficient (Wildman–Crippen LogP) is 1.02. The average molecular weight is 334 g/mol. The zero-order valence-electron chi connectivity index (χ0n) is 13.7. The van der Waals surface area contributed by atoms with Crippen LogP contribution in [0.3, 0.4) is 0 Å². The lowest BCUT2D eigenvalue weighted by Crippen LogP contribution is -2.54. The van der Waals surface area contributed by atoms with Crippen LogP contribution in [0.4, 0.5) is 4.39 Å². The van der Waals surface area contributed by atoms with Gasteiger partial charge in [-0.25, -0.2) is 4.39 Å². The summed E-state index contributed by atoms with van der Waals surface area (Å²) in [6.07, 6.45) is 0. The highest BCUT2D eigenvalue weighted by Crippen LogP contribution is 2.49. The van der Waals surface area contributed by atoms with Gasteiger partial charge in [-0.2, -0.15) is 0 Å². The van der Waals surface area contributed by atoms with Crippen molar-refractivity contribution in [1.82, 2.24) is 10.2 Å². The van der Waals surface area contributed by atoms with Crippen LogP contribution in [0.15, 0.2) is 24.3 Å². The van der Waals surface area contributed by atoms with Gasteiger partial charge >= 0.3 is 5.97 Å². The summed E-state index contributed by atoms with van der Waals surface area (Å²) in [5, 5.41) is 3.00. The number of esters is 1. The number of carbonyl (C=O) groups excluding carboxylic acids is 3. The number of imide groups is 1. The van der Waals surface area contributed by atoms with Crippen molar-refractivity contribution < 1.29 is 23.5 Å². The van der Waals surface area contributed by atoms with Gasteiger partial charge in [-0.1, -0.05) is 18.2 Å². The fraction of sp³-hybridized carbons (Fsp3) is 0.471. The maximum Gasteiger partial charge on any atom is 0.326 e. The van der Waals surface area contributed by atoms with Gasteiger partial charge in [0.2, 0.25) is 11.8 Å². The molecule has 2 heterocycles. The highest BCUT2D eigenvalue weighted by molar-refractivity contribution is 6.09. The SMILES string of the molecule is CCN1C(=O)[C@@H]2[C@H](c3ccccc3F)N[C@](C)(C(=O)OC)[C@H]2C1=O. The van der Waals surface area contributed by atoms with Gasteiger partial charge in [-0.05, 0) is 19.9 Å². The Kier molecular flexibility index (Phi) is 3.91. The molecule has 0 unspecified atom stereocenters. The largest absolute Gasteiger partial charge is 0.468 e. The molecule has 128 valence electrons.